The van der Waals surface area contributed by atoms with Crippen LogP contribution in [0.25, 0.3) is 0 Å². The van der Waals surface area contributed by atoms with E-state index in [1.54, 1.807) is 15.5 Å². The quantitative estimate of drug-likeness (QED) is 0.710. The summed E-state index contributed by atoms with van der Waals surface area (Å²) in [5.41, 5.74) is 1.04. The van der Waals surface area contributed by atoms with E-state index in [4.69, 9.17) is 0 Å². The van der Waals surface area contributed by atoms with E-state index in [9.17, 15) is 9.59 Å². The molecule has 100 valence electrons. The Morgan fingerprint density at radius 2 is 2.11 bits per heavy atom. The van der Waals surface area contributed by atoms with Gasteiger partial charge in [0.1, 0.15) is 11.5 Å². The molecule has 0 unspecified atom stereocenters. The molecule has 8 nitrogen and oxygen atoms in total. The van der Waals surface area contributed by atoms with Crippen LogP contribution < -0.4 is 5.69 Å². The summed E-state index contributed by atoms with van der Waals surface area (Å²) in [5, 5.41) is 13.1. The van der Waals surface area contributed by atoms with E-state index in [1.165, 1.54) is 0 Å². The van der Waals surface area contributed by atoms with E-state index in [2.05, 4.69) is 20.4 Å². The van der Waals surface area contributed by atoms with Crippen molar-refractivity contribution in [1.29, 1.82) is 0 Å². The molecule has 0 aliphatic carbocycles. The zero-order valence-electron chi connectivity index (χ0n) is 10.5. The third-order valence-corrected chi connectivity index (χ3v) is 3.25. The Kier molecular flexibility index (Phi) is 2.69. The lowest BCUT2D eigenvalue weighted by atomic mass is 10.3. The van der Waals surface area contributed by atoms with Crippen LogP contribution in [0.2, 0.25) is 0 Å². The Balaban J connectivity index is 1.78. The van der Waals surface area contributed by atoms with E-state index in [0.717, 1.165) is 5.69 Å². The Hall–Kier alpha value is -2.38. The Morgan fingerprint density at radius 3 is 2.84 bits per heavy atom. The number of hydrogen-bond donors (Lipinski definition) is 2. The SMILES string of the molecule is Cc1cc(C(=O)N2CCc3n[nH]c(=O)n3CC2)n[nH]1. The number of hydrogen-bond acceptors (Lipinski definition) is 4. The first kappa shape index (κ1) is 11.7. The van der Waals surface area contributed by atoms with Gasteiger partial charge >= 0.3 is 5.69 Å². The van der Waals surface area contributed by atoms with Gasteiger partial charge in [0.15, 0.2) is 0 Å². The minimum absolute atomic E-state index is 0.119. The summed E-state index contributed by atoms with van der Waals surface area (Å²) in [6.45, 7) is 3.33. The Labute approximate surface area is 108 Å². The van der Waals surface area contributed by atoms with E-state index in [-0.39, 0.29) is 11.6 Å². The van der Waals surface area contributed by atoms with Gasteiger partial charge in [-0.3, -0.25) is 14.5 Å². The van der Waals surface area contributed by atoms with Crippen molar-refractivity contribution in [3.05, 3.63) is 33.8 Å². The van der Waals surface area contributed by atoms with Crippen molar-refractivity contribution in [1.82, 2.24) is 29.9 Å². The summed E-state index contributed by atoms with van der Waals surface area (Å²) in [7, 11) is 0. The second-order valence-corrected chi connectivity index (χ2v) is 4.58. The van der Waals surface area contributed by atoms with Crippen molar-refractivity contribution in [2.45, 2.75) is 19.9 Å². The highest BCUT2D eigenvalue weighted by Gasteiger charge is 2.22. The lowest BCUT2D eigenvalue weighted by molar-refractivity contribution is 0.0752. The van der Waals surface area contributed by atoms with Gasteiger partial charge < -0.3 is 4.90 Å². The minimum atomic E-state index is -0.222. The summed E-state index contributed by atoms with van der Waals surface area (Å²) in [6.07, 6.45) is 0.563. The number of nitrogens with one attached hydrogen (secondary N) is 2. The van der Waals surface area contributed by atoms with Crippen molar-refractivity contribution in [2.75, 3.05) is 13.1 Å². The van der Waals surface area contributed by atoms with Crippen molar-refractivity contribution < 1.29 is 4.79 Å². The molecule has 0 saturated carbocycles. The van der Waals surface area contributed by atoms with Crippen LogP contribution in [0.1, 0.15) is 22.0 Å². The fraction of sp³-hybridized carbons (Fsp3) is 0.455. The maximum atomic E-state index is 12.3. The maximum Gasteiger partial charge on any atom is 0.343 e. The van der Waals surface area contributed by atoms with E-state index >= 15 is 0 Å². The molecule has 0 spiro atoms. The predicted octanol–water partition coefficient (Wildman–Crippen LogP) is -0.699. The van der Waals surface area contributed by atoms with Gasteiger partial charge in [0.05, 0.1) is 0 Å². The molecule has 0 saturated heterocycles. The Morgan fingerprint density at radius 1 is 1.26 bits per heavy atom. The van der Waals surface area contributed by atoms with Crippen LogP contribution in [0.4, 0.5) is 0 Å². The summed E-state index contributed by atoms with van der Waals surface area (Å²) in [5.74, 6) is 0.574. The normalized spacial score (nSPS) is 15.1. The lowest BCUT2D eigenvalue weighted by Gasteiger charge is -2.18. The third kappa shape index (κ3) is 2.05. The smallest absolute Gasteiger partial charge is 0.335 e. The largest absolute Gasteiger partial charge is 0.343 e. The van der Waals surface area contributed by atoms with Crippen LogP contribution in [0.3, 0.4) is 0 Å². The lowest BCUT2D eigenvalue weighted by Crippen LogP contribution is -2.34. The second kappa shape index (κ2) is 4.38. The van der Waals surface area contributed by atoms with Crippen molar-refractivity contribution >= 4 is 5.91 Å². The van der Waals surface area contributed by atoms with Gasteiger partial charge in [0, 0.05) is 31.7 Å². The van der Waals surface area contributed by atoms with Gasteiger partial charge in [0.2, 0.25) is 0 Å². The monoisotopic (exact) mass is 262 g/mol. The predicted molar refractivity (Wildman–Crippen MR) is 65.8 cm³/mol. The van der Waals surface area contributed by atoms with Crippen LogP contribution in [0, 0.1) is 6.92 Å². The molecular formula is C11H14N6O2. The number of rotatable bonds is 1. The maximum absolute atomic E-state index is 12.3. The zero-order valence-corrected chi connectivity index (χ0v) is 10.5. The molecule has 3 heterocycles. The molecule has 0 aromatic carbocycles. The highest BCUT2D eigenvalue weighted by atomic mass is 16.2. The average Bonchev–Trinajstić information content (AvgIpc) is 2.90. The first-order chi connectivity index (χ1) is 9.15. The van der Waals surface area contributed by atoms with Crippen molar-refractivity contribution in [3.8, 4) is 0 Å². The number of aryl methyl sites for hydroxylation is 1. The van der Waals surface area contributed by atoms with E-state index in [1.807, 2.05) is 6.92 Å². The van der Waals surface area contributed by atoms with Gasteiger partial charge in [-0.2, -0.15) is 10.2 Å². The first-order valence-electron chi connectivity index (χ1n) is 6.10. The van der Waals surface area contributed by atoms with Crippen LogP contribution in [0.5, 0.6) is 0 Å². The molecule has 0 atom stereocenters. The molecule has 0 fully saturated rings. The molecule has 2 N–H and O–H groups in total. The molecule has 2 aromatic heterocycles. The Bertz CT molecular complexity index is 667. The van der Waals surface area contributed by atoms with Gasteiger partial charge in [-0.25, -0.2) is 9.89 Å². The van der Waals surface area contributed by atoms with Crippen LogP contribution >= 0.6 is 0 Å². The first-order valence-corrected chi connectivity index (χ1v) is 6.10. The van der Waals surface area contributed by atoms with Gasteiger partial charge in [0.25, 0.3) is 5.91 Å². The number of carbonyl (C=O) groups is 1. The zero-order chi connectivity index (χ0) is 13.4. The van der Waals surface area contributed by atoms with Gasteiger partial charge in [-0.1, -0.05) is 0 Å². The standard InChI is InChI=1S/C11H14N6O2/c1-7-6-8(13-12-7)10(18)16-3-2-9-14-15-11(19)17(9)5-4-16/h6H,2-5H2,1H3,(H,12,13)(H,15,19). The minimum Gasteiger partial charge on any atom is -0.335 e. The number of nitrogens with zero attached hydrogens (tertiary/aromatic N) is 4. The molecule has 8 heteroatoms. The summed E-state index contributed by atoms with van der Waals surface area (Å²) < 4.78 is 1.57. The highest BCUT2D eigenvalue weighted by molar-refractivity contribution is 5.92. The molecule has 0 radical (unpaired) electrons. The molecule has 3 rings (SSSR count). The fourth-order valence-corrected chi connectivity index (χ4v) is 2.23. The van der Waals surface area contributed by atoms with Crippen LogP contribution in [0.15, 0.2) is 10.9 Å². The number of fused-ring (bicyclic) bond motifs is 1. The number of aromatic amines is 2. The van der Waals surface area contributed by atoms with E-state index in [0.29, 0.717) is 37.6 Å². The van der Waals surface area contributed by atoms with Crippen molar-refractivity contribution in [3.63, 3.8) is 0 Å². The summed E-state index contributed by atoms with van der Waals surface area (Å²) in [4.78, 5) is 25.4. The summed E-state index contributed by atoms with van der Waals surface area (Å²) in [6, 6.07) is 1.72. The van der Waals surface area contributed by atoms with Crippen molar-refractivity contribution in [2.24, 2.45) is 0 Å². The van der Waals surface area contributed by atoms with E-state index < -0.39 is 0 Å². The molecule has 2 aromatic rings. The number of amides is 1. The van der Waals surface area contributed by atoms with Gasteiger partial charge in [-0.05, 0) is 13.0 Å². The molecular weight excluding hydrogens is 248 g/mol. The highest BCUT2D eigenvalue weighted by Crippen LogP contribution is 2.08. The van der Waals surface area contributed by atoms with Crippen LogP contribution in [-0.4, -0.2) is 48.9 Å². The molecule has 1 amide bonds. The topological polar surface area (TPSA) is 99.7 Å². The third-order valence-electron chi connectivity index (χ3n) is 3.25. The average molecular weight is 262 g/mol. The molecule has 19 heavy (non-hydrogen) atoms. The molecule has 1 aliphatic rings. The number of H-pyrrole nitrogens is 2. The second-order valence-electron chi connectivity index (χ2n) is 4.58. The summed E-state index contributed by atoms with van der Waals surface area (Å²) >= 11 is 0. The molecule has 1 aliphatic heterocycles. The number of carbonyl (C=O) groups excluding carboxylic acids is 1. The number of aromatic nitrogens is 5. The fourth-order valence-electron chi connectivity index (χ4n) is 2.23. The van der Waals surface area contributed by atoms with Gasteiger partial charge in [-0.15, -0.1) is 0 Å². The van der Waals surface area contributed by atoms with Crippen LogP contribution in [-0.2, 0) is 13.0 Å². The molecule has 0 bridgehead atoms.